The van der Waals surface area contributed by atoms with Gasteiger partial charge in [0.15, 0.2) is 0 Å². The summed E-state index contributed by atoms with van der Waals surface area (Å²) in [6.45, 7) is 0. The van der Waals surface area contributed by atoms with Crippen LogP contribution < -0.4 is 5.32 Å². The Hall–Kier alpha value is -0.450. The summed E-state index contributed by atoms with van der Waals surface area (Å²) in [4.78, 5) is 0. The molecule has 0 amide bonds. The molecule has 1 atom stereocenters. The van der Waals surface area contributed by atoms with Gasteiger partial charge in [-0.1, -0.05) is 35.3 Å². The molecule has 1 N–H and O–H groups in total. The van der Waals surface area contributed by atoms with E-state index in [4.69, 9.17) is 23.2 Å². The minimum Gasteiger partial charge on any atom is -0.313 e. The summed E-state index contributed by atoms with van der Waals surface area (Å²) in [7, 11) is 1.69. The molecule has 0 bridgehead atoms. The van der Waals surface area contributed by atoms with Crippen molar-refractivity contribution in [3.63, 3.8) is 0 Å². The fraction of sp³-hybridized carbons (Fsp3) is 0.500. The molecular weight excluding hydrogens is 286 g/mol. The van der Waals surface area contributed by atoms with E-state index < -0.39 is 12.6 Å². The van der Waals surface area contributed by atoms with Crippen molar-refractivity contribution in [2.45, 2.75) is 31.5 Å². The van der Waals surface area contributed by atoms with Crippen molar-refractivity contribution < 1.29 is 13.2 Å². The molecule has 0 aliphatic carbocycles. The van der Waals surface area contributed by atoms with Crippen molar-refractivity contribution >= 4 is 23.2 Å². The molecule has 1 aromatic rings. The van der Waals surface area contributed by atoms with Crippen LogP contribution in [-0.2, 0) is 0 Å². The van der Waals surface area contributed by atoms with Crippen LogP contribution in [0, 0.1) is 0 Å². The van der Waals surface area contributed by atoms with Crippen LogP contribution in [0.2, 0.25) is 10.0 Å². The van der Waals surface area contributed by atoms with Crippen molar-refractivity contribution in [2.24, 2.45) is 0 Å². The SMILES string of the molecule is CNC(CCCC(F)(F)F)c1cccc(Cl)c1Cl. The fourth-order valence-electron chi connectivity index (χ4n) is 1.75. The quantitative estimate of drug-likeness (QED) is 0.808. The fourth-order valence-corrected chi connectivity index (χ4v) is 2.19. The predicted octanol–water partition coefficient (Wildman–Crippen LogP) is 4.99. The Morgan fingerprint density at radius 1 is 1.28 bits per heavy atom. The molecule has 1 unspecified atom stereocenters. The van der Waals surface area contributed by atoms with Gasteiger partial charge >= 0.3 is 6.18 Å². The van der Waals surface area contributed by atoms with E-state index in [2.05, 4.69) is 5.32 Å². The van der Waals surface area contributed by atoms with E-state index in [-0.39, 0.29) is 12.5 Å². The van der Waals surface area contributed by atoms with E-state index in [0.29, 0.717) is 16.5 Å². The zero-order chi connectivity index (χ0) is 13.8. The number of benzene rings is 1. The first-order chi connectivity index (χ1) is 8.35. The zero-order valence-corrected chi connectivity index (χ0v) is 11.3. The van der Waals surface area contributed by atoms with E-state index in [1.165, 1.54) is 0 Å². The van der Waals surface area contributed by atoms with Gasteiger partial charge in [-0.2, -0.15) is 13.2 Å². The molecule has 0 fully saturated rings. The Morgan fingerprint density at radius 2 is 1.94 bits per heavy atom. The molecule has 0 aliphatic heterocycles. The Bertz CT molecular complexity index is 393. The number of alkyl halides is 3. The lowest BCUT2D eigenvalue weighted by Crippen LogP contribution is -2.18. The van der Waals surface area contributed by atoms with E-state index in [0.717, 1.165) is 5.56 Å². The number of hydrogen-bond donors (Lipinski definition) is 1. The van der Waals surface area contributed by atoms with Crippen LogP contribution in [0.25, 0.3) is 0 Å². The molecule has 6 heteroatoms. The van der Waals surface area contributed by atoms with Crippen LogP contribution in [0.5, 0.6) is 0 Å². The van der Waals surface area contributed by atoms with Crippen LogP contribution in [0.3, 0.4) is 0 Å². The second kappa shape index (κ2) is 6.64. The lowest BCUT2D eigenvalue weighted by Gasteiger charge is -2.19. The van der Waals surface area contributed by atoms with Gasteiger partial charge in [0.1, 0.15) is 0 Å². The number of hydrogen-bond acceptors (Lipinski definition) is 1. The van der Waals surface area contributed by atoms with Crippen molar-refractivity contribution in [3.8, 4) is 0 Å². The lowest BCUT2D eigenvalue weighted by atomic mass is 10.0. The van der Waals surface area contributed by atoms with Gasteiger partial charge in [-0.3, -0.25) is 0 Å². The molecule has 0 radical (unpaired) electrons. The largest absolute Gasteiger partial charge is 0.389 e. The number of halogens is 5. The third kappa shape index (κ3) is 4.67. The Balaban J connectivity index is 2.69. The maximum absolute atomic E-state index is 12.1. The van der Waals surface area contributed by atoms with Crippen molar-refractivity contribution in [3.05, 3.63) is 33.8 Å². The highest BCUT2D eigenvalue weighted by atomic mass is 35.5. The first kappa shape index (κ1) is 15.6. The topological polar surface area (TPSA) is 12.0 Å². The van der Waals surface area contributed by atoms with Crippen LogP contribution in [0.15, 0.2) is 18.2 Å². The molecule has 0 aromatic heterocycles. The number of rotatable bonds is 5. The Kier molecular flexibility index (Phi) is 5.76. The molecule has 0 saturated heterocycles. The highest BCUT2D eigenvalue weighted by molar-refractivity contribution is 6.42. The van der Waals surface area contributed by atoms with Crippen LogP contribution in [-0.4, -0.2) is 13.2 Å². The highest BCUT2D eigenvalue weighted by Crippen LogP contribution is 2.33. The summed E-state index contributed by atoms with van der Waals surface area (Å²) in [6, 6.07) is 4.93. The minimum atomic E-state index is -4.11. The summed E-state index contributed by atoms with van der Waals surface area (Å²) in [5, 5.41) is 3.76. The summed E-state index contributed by atoms with van der Waals surface area (Å²) < 4.78 is 36.3. The minimum absolute atomic E-state index is 0.0534. The normalized spacial score (nSPS) is 13.7. The average molecular weight is 300 g/mol. The van der Waals surface area contributed by atoms with Gasteiger partial charge in [-0.05, 0) is 31.5 Å². The van der Waals surface area contributed by atoms with Crippen molar-refractivity contribution in [2.75, 3.05) is 7.05 Å². The first-order valence-electron chi connectivity index (χ1n) is 5.53. The molecule has 1 nitrogen and oxygen atoms in total. The maximum atomic E-state index is 12.1. The van der Waals surface area contributed by atoms with Gasteiger partial charge in [0.25, 0.3) is 0 Å². The van der Waals surface area contributed by atoms with Gasteiger partial charge in [0.05, 0.1) is 10.0 Å². The first-order valence-corrected chi connectivity index (χ1v) is 6.28. The van der Waals surface area contributed by atoms with Crippen LogP contribution >= 0.6 is 23.2 Å². The number of nitrogens with one attached hydrogen (secondary N) is 1. The van der Waals surface area contributed by atoms with Gasteiger partial charge in [0, 0.05) is 12.5 Å². The standard InChI is InChI=1S/C12H14Cl2F3N/c1-18-10(6-3-7-12(15,16)17)8-4-2-5-9(13)11(8)14/h2,4-5,10,18H,3,6-7H2,1H3. The highest BCUT2D eigenvalue weighted by Gasteiger charge is 2.27. The van der Waals surface area contributed by atoms with Crippen molar-refractivity contribution in [1.82, 2.24) is 5.32 Å². The van der Waals surface area contributed by atoms with Gasteiger partial charge < -0.3 is 5.32 Å². The molecule has 0 aliphatic rings. The smallest absolute Gasteiger partial charge is 0.313 e. The van der Waals surface area contributed by atoms with Crippen LogP contribution in [0.4, 0.5) is 13.2 Å². The third-order valence-corrected chi connectivity index (χ3v) is 3.49. The summed E-state index contributed by atoms with van der Waals surface area (Å²) >= 11 is 11.9. The molecule has 0 spiro atoms. The van der Waals surface area contributed by atoms with E-state index >= 15 is 0 Å². The van der Waals surface area contributed by atoms with E-state index in [9.17, 15) is 13.2 Å². The summed E-state index contributed by atoms with van der Waals surface area (Å²) in [6.07, 6.45) is -4.49. The second-order valence-corrected chi connectivity index (χ2v) is 4.78. The molecular formula is C12H14Cl2F3N. The van der Waals surface area contributed by atoms with Crippen LogP contribution in [0.1, 0.15) is 30.9 Å². The summed E-state index contributed by atoms with van der Waals surface area (Å²) in [5.41, 5.74) is 0.730. The van der Waals surface area contributed by atoms with Gasteiger partial charge in [0.2, 0.25) is 0 Å². The molecule has 0 saturated carbocycles. The van der Waals surface area contributed by atoms with Gasteiger partial charge in [-0.25, -0.2) is 0 Å². The molecule has 102 valence electrons. The molecule has 1 rings (SSSR count). The lowest BCUT2D eigenvalue weighted by molar-refractivity contribution is -0.135. The maximum Gasteiger partial charge on any atom is 0.389 e. The summed E-state index contributed by atoms with van der Waals surface area (Å²) in [5.74, 6) is 0. The molecule has 1 aromatic carbocycles. The van der Waals surface area contributed by atoms with E-state index in [1.807, 2.05) is 0 Å². The second-order valence-electron chi connectivity index (χ2n) is 3.99. The predicted molar refractivity (Wildman–Crippen MR) is 68.2 cm³/mol. The third-order valence-electron chi connectivity index (χ3n) is 2.66. The molecule has 18 heavy (non-hydrogen) atoms. The van der Waals surface area contributed by atoms with E-state index in [1.54, 1.807) is 25.2 Å². The Labute approximate surface area is 114 Å². The average Bonchev–Trinajstić information content (AvgIpc) is 2.27. The zero-order valence-electron chi connectivity index (χ0n) is 9.82. The van der Waals surface area contributed by atoms with Gasteiger partial charge in [-0.15, -0.1) is 0 Å². The Morgan fingerprint density at radius 3 is 2.50 bits per heavy atom. The monoisotopic (exact) mass is 299 g/mol. The molecule has 0 heterocycles. The van der Waals surface area contributed by atoms with Crippen molar-refractivity contribution in [1.29, 1.82) is 0 Å².